The van der Waals surface area contributed by atoms with E-state index in [0.717, 1.165) is 37.5 Å². The van der Waals surface area contributed by atoms with Crippen LogP contribution in [0.2, 0.25) is 0 Å². The molecule has 1 N–H and O–H groups in total. The fourth-order valence-corrected chi connectivity index (χ4v) is 1.96. The summed E-state index contributed by atoms with van der Waals surface area (Å²) in [4.78, 5) is 2.45. The number of nitrogens with zero attached hydrogens (tertiary/aromatic N) is 1. The van der Waals surface area contributed by atoms with Crippen molar-refractivity contribution in [2.24, 2.45) is 0 Å². The van der Waals surface area contributed by atoms with Crippen molar-refractivity contribution in [2.45, 2.75) is 33.2 Å². The number of anilines is 1. The van der Waals surface area contributed by atoms with Crippen LogP contribution in [-0.4, -0.2) is 37.7 Å². The molecule has 3 nitrogen and oxygen atoms in total. The zero-order valence-electron chi connectivity index (χ0n) is 12.1. The summed E-state index contributed by atoms with van der Waals surface area (Å²) in [7, 11) is 1.69. The largest absolute Gasteiger partial charge is 0.497 e. The summed E-state index contributed by atoms with van der Waals surface area (Å²) in [5, 5.41) is 3.51. The average molecular weight is 250 g/mol. The summed E-state index contributed by atoms with van der Waals surface area (Å²) in [5.74, 6) is 0.899. The molecule has 0 saturated carbocycles. The molecule has 0 bridgehead atoms. The molecule has 0 amide bonds. The second-order valence-corrected chi connectivity index (χ2v) is 4.59. The molecule has 1 atom stereocenters. The van der Waals surface area contributed by atoms with Crippen LogP contribution in [0.5, 0.6) is 5.75 Å². The van der Waals surface area contributed by atoms with E-state index < -0.39 is 0 Å². The number of ether oxygens (including phenoxy) is 1. The SMILES string of the molecule is CCN(CC)CCC(C)Nc1ccc(OC)cc1. The highest BCUT2D eigenvalue weighted by atomic mass is 16.5. The molecule has 0 saturated heterocycles. The van der Waals surface area contributed by atoms with E-state index >= 15 is 0 Å². The van der Waals surface area contributed by atoms with Gasteiger partial charge in [0.2, 0.25) is 0 Å². The maximum absolute atomic E-state index is 5.15. The highest BCUT2D eigenvalue weighted by molar-refractivity contribution is 5.46. The van der Waals surface area contributed by atoms with Crippen LogP contribution < -0.4 is 10.1 Å². The highest BCUT2D eigenvalue weighted by Crippen LogP contribution is 2.16. The number of rotatable bonds is 8. The zero-order valence-corrected chi connectivity index (χ0v) is 12.1. The van der Waals surface area contributed by atoms with Crippen LogP contribution in [0, 0.1) is 0 Å². The van der Waals surface area contributed by atoms with Crippen LogP contribution >= 0.6 is 0 Å². The Balaban J connectivity index is 2.36. The predicted molar refractivity (Wildman–Crippen MR) is 78.5 cm³/mol. The minimum absolute atomic E-state index is 0.485. The van der Waals surface area contributed by atoms with Gasteiger partial charge in [-0.05, 0) is 50.7 Å². The lowest BCUT2D eigenvalue weighted by Gasteiger charge is -2.21. The first-order chi connectivity index (χ1) is 8.69. The molecule has 0 fully saturated rings. The standard InChI is InChI=1S/C15H26N2O/c1-5-17(6-2)12-11-13(3)16-14-7-9-15(18-4)10-8-14/h7-10,13,16H,5-6,11-12H2,1-4H3. The van der Waals surface area contributed by atoms with Gasteiger partial charge >= 0.3 is 0 Å². The lowest BCUT2D eigenvalue weighted by molar-refractivity contribution is 0.295. The molecule has 0 aliphatic carbocycles. The summed E-state index contributed by atoms with van der Waals surface area (Å²) in [6.07, 6.45) is 1.16. The normalized spacial score (nSPS) is 12.5. The minimum Gasteiger partial charge on any atom is -0.497 e. The van der Waals surface area contributed by atoms with Crippen molar-refractivity contribution in [3.8, 4) is 5.75 Å². The Kier molecular flexibility index (Phi) is 6.58. The molecular weight excluding hydrogens is 224 g/mol. The van der Waals surface area contributed by atoms with Gasteiger partial charge in [0.05, 0.1) is 7.11 Å². The molecule has 3 heteroatoms. The second kappa shape index (κ2) is 7.98. The molecule has 0 aliphatic heterocycles. The van der Waals surface area contributed by atoms with Gasteiger partial charge in [0.15, 0.2) is 0 Å². The van der Waals surface area contributed by atoms with Gasteiger partial charge in [-0.3, -0.25) is 0 Å². The van der Waals surface area contributed by atoms with E-state index in [1.807, 2.05) is 12.1 Å². The Morgan fingerprint density at radius 3 is 2.28 bits per heavy atom. The van der Waals surface area contributed by atoms with Crippen LogP contribution in [0.3, 0.4) is 0 Å². The Morgan fingerprint density at radius 2 is 1.78 bits per heavy atom. The molecule has 1 aromatic carbocycles. The van der Waals surface area contributed by atoms with E-state index in [2.05, 4.69) is 43.1 Å². The maximum atomic E-state index is 5.15. The van der Waals surface area contributed by atoms with E-state index in [0.29, 0.717) is 6.04 Å². The molecule has 18 heavy (non-hydrogen) atoms. The number of benzene rings is 1. The molecular formula is C15H26N2O. The van der Waals surface area contributed by atoms with Crippen molar-refractivity contribution in [1.82, 2.24) is 4.90 Å². The Bertz CT molecular complexity index is 320. The Morgan fingerprint density at radius 1 is 1.17 bits per heavy atom. The van der Waals surface area contributed by atoms with E-state index in [1.54, 1.807) is 7.11 Å². The molecule has 0 aromatic heterocycles. The van der Waals surface area contributed by atoms with Crippen LogP contribution in [0.25, 0.3) is 0 Å². The molecule has 1 rings (SSSR count). The van der Waals surface area contributed by atoms with Crippen molar-refractivity contribution in [2.75, 3.05) is 32.1 Å². The fourth-order valence-electron chi connectivity index (χ4n) is 1.96. The van der Waals surface area contributed by atoms with Crippen molar-refractivity contribution in [3.05, 3.63) is 24.3 Å². The monoisotopic (exact) mass is 250 g/mol. The van der Waals surface area contributed by atoms with Crippen LogP contribution in [0.4, 0.5) is 5.69 Å². The number of hydrogen-bond acceptors (Lipinski definition) is 3. The number of hydrogen-bond donors (Lipinski definition) is 1. The summed E-state index contributed by atoms with van der Waals surface area (Å²) in [6.45, 7) is 10.1. The zero-order chi connectivity index (χ0) is 13.4. The van der Waals surface area contributed by atoms with E-state index in [9.17, 15) is 0 Å². The Hall–Kier alpha value is -1.22. The van der Waals surface area contributed by atoms with Gasteiger partial charge in [0.25, 0.3) is 0 Å². The molecule has 1 unspecified atom stereocenters. The van der Waals surface area contributed by atoms with Crippen molar-refractivity contribution in [3.63, 3.8) is 0 Å². The van der Waals surface area contributed by atoms with E-state index in [4.69, 9.17) is 4.74 Å². The maximum Gasteiger partial charge on any atom is 0.119 e. The predicted octanol–water partition coefficient (Wildman–Crippen LogP) is 3.23. The fraction of sp³-hybridized carbons (Fsp3) is 0.600. The summed E-state index contributed by atoms with van der Waals surface area (Å²) >= 11 is 0. The summed E-state index contributed by atoms with van der Waals surface area (Å²) in [6, 6.07) is 8.58. The smallest absolute Gasteiger partial charge is 0.119 e. The number of methoxy groups -OCH3 is 1. The first-order valence-electron chi connectivity index (χ1n) is 6.82. The second-order valence-electron chi connectivity index (χ2n) is 4.59. The highest BCUT2D eigenvalue weighted by Gasteiger charge is 2.05. The third kappa shape index (κ3) is 4.96. The number of nitrogens with one attached hydrogen (secondary N) is 1. The molecule has 102 valence electrons. The molecule has 0 aliphatic rings. The third-order valence-corrected chi connectivity index (χ3v) is 3.28. The van der Waals surface area contributed by atoms with Crippen molar-refractivity contribution >= 4 is 5.69 Å². The average Bonchev–Trinajstić information content (AvgIpc) is 2.41. The van der Waals surface area contributed by atoms with Gasteiger partial charge < -0.3 is 15.0 Å². The van der Waals surface area contributed by atoms with Crippen molar-refractivity contribution in [1.29, 1.82) is 0 Å². The first kappa shape index (κ1) is 14.8. The van der Waals surface area contributed by atoms with Crippen LogP contribution in [0.15, 0.2) is 24.3 Å². The van der Waals surface area contributed by atoms with Crippen LogP contribution in [0.1, 0.15) is 27.2 Å². The van der Waals surface area contributed by atoms with E-state index in [1.165, 1.54) is 0 Å². The van der Waals surface area contributed by atoms with Gasteiger partial charge in [-0.2, -0.15) is 0 Å². The quantitative estimate of drug-likeness (QED) is 0.766. The van der Waals surface area contributed by atoms with Gasteiger partial charge in [0, 0.05) is 18.3 Å². The minimum atomic E-state index is 0.485. The Labute approximate surface area is 111 Å². The summed E-state index contributed by atoms with van der Waals surface area (Å²) < 4.78 is 5.15. The molecule has 0 spiro atoms. The third-order valence-electron chi connectivity index (χ3n) is 3.28. The first-order valence-corrected chi connectivity index (χ1v) is 6.82. The van der Waals surface area contributed by atoms with E-state index in [-0.39, 0.29) is 0 Å². The molecule has 1 aromatic rings. The lowest BCUT2D eigenvalue weighted by atomic mass is 10.2. The topological polar surface area (TPSA) is 24.5 Å². The molecule has 0 radical (unpaired) electrons. The van der Waals surface area contributed by atoms with Gasteiger partial charge in [-0.15, -0.1) is 0 Å². The van der Waals surface area contributed by atoms with Gasteiger partial charge in [0.1, 0.15) is 5.75 Å². The van der Waals surface area contributed by atoms with Gasteiger partial charge in [-0.1, -0.05) is 13.8 Å². The summed E-state index contributed by atoms with van der Waals surface area (Å²) in [5.41, 5.74) is 1.16. The molecule has 0 heterocycles. The van der Waals surface area contributed by atoms with Crippen molar-refractivity contribution < 1.29 is 4.74 Å². The van der Waals surface area contributed by atoms with Gasteiger partial charge in [-0.25, -0.2) is 0 Å². The lowest BCUT2D eigenvalue weighted by Crippen LogP contribution is -2.28. The van der Waals surface area contributed by atoms with Crippen LogP contribution in [-0.2, 0) is 0 Å².